The molecule has 0 saturated heterocycles. The first-order valence-corrected chi connectivity index (χ1v) is 17.6. The van der Waals surface area contributed by atoms with Crippen molar-refractivity contribution in [3.63, 3.8) is 0 Å². The summed E-state index contributed by atoms with van der Waals surface area (Å²) in [5.41, 5.74) is 9.54. The standard InChI is InChI=1S/C43H26N2OS2/c1-3-10-28(11-4-1)43-44-41-39(48-43)25-24-38-40(41)34-26-29(20-23-37(34)47-38)27-18-21-31(22-19-27)45(30-12-5-2-6-13-30)35-16-9-15-33-32-14-7-8-17-36(32)46-42(33)35/h1-26H. The van der Waals surface area contributed by atoms with Crippen LogP contribution in [0.4, 0.5) is 17.1 Å². The number of hydrogen-bond acceptors (Lipinski definition) is 5. The molecule has 0 saturated carbocycles. The monoisotopic (exact) mass is 650 g/mol. The van der Waals surface area contributed by atoms with E-state index in [1.54, 1.807) is 11.3 Å². The van der Waals surface area contributed by atoms with E-state index < -0.39 is 0 Å². The fraction of sp³-hybridized carbons (Fsp3) is 0. The first-order chi connectivity index (χ1) is 23.8. The van der Waals surface area contributed by atoms with Crippen LogP contribution in [0.15, 0.2) is 162 Å². The van der Waals surface area contributed by atoms with Crippen molar-refractivity contribution in [1.82, 2.24) is 4.98 Å². The van der Waals surface area contributed by atoms with Gasteiger partial charge in [-0.2, -0.15) is 0 Å². The molecule has 0 unspecified atom stereocenters. The van der Waals surface area contributed by atoms with Gasteiger partial charge in [-0.1, -0.05) is 97.1 Å². The topological polar surface area (TPSA) is 29.3 Å². The van der Waals surface area contributed by atoms with Crippen LogP contribution in [0.5, 0.6) is 0 Å². The maximum Gasteiger partial charge on any atom is 0.159 e. The van der Waals surface area contributed by atoms with Crippen LogP contribution >= 0.6 is 22.7 Å². The van der Waals surface area contributed by atoms with Crippen LogP contribution in [0.25, 0.3) is 74.0 Å². The van der Waals surface area contributed by atoms with Crippen LogP contribution in [-0.4, -0.2) is 4.98 Å². The maximum absolute atomic E-state index is 6.48. The lowest BCUT2D eigenvalue weighted by Gasteiger charge is -2.25. The van der Waals surface area contributed by atoms with Crippen molar-refractivity contribution >= 4 is 92.1 Å². The third-order valence-corrected chi connectivity index (χ3v) is 11.3. The number of hydrogen-bond donors (Lipinski definition) is 0. The van der Waals surface area contributed by atoms with Gasteiger partial charge in [-0.15, -0.1) is 22.7 Å². The summed E-state index contributed by atoms with van der Waals surface area (Å²) in [7, 11) is 0. The number of thiophene rings is 1. The number of rotatable bonds is 5. The second kappa shape index (κ2) is 10.9. The highest BCUT2D eigenvalue weighted by Gasteiger charge is 2.20. The number of thiazole rings is 1. The summed E-state index contributed by atoms with van der Waals surface area (Å²) in [6.45, 7) is 0. The predicted molar refractivity (Wildman–Crippen MR) is 205 cm³/mol. The van der Waals surface area contributed by atoms with Crippen LogP contribution in [-0.2, 0) is 0 Å². The van der Waals surface area contributed by atoms with Crippen LogP contribution in [0.2, 0.25) is 0 Å². The molecule has 10 rings (SSSR count). The summed E-state index contributed by atoms with van der Waals surface area (Å²) in [6.07, 6.45) is 0. The maximum atomic E-state index is 6.48. The normalized spacial score (nSPS) is 11.8. The lowest BCUT2D eigenvalue weighted by atomic mass is 10.0. The fourth-order valence-electron chi connectivity index (χ4n) is 6.85. The smallest absolute Gasteiger partial charge is 0.159 e. The summed E-state index contributed by atoms with van der Waals surface area (Å²) in [5.74, 6) is 0. The second-order valence-electron chi connectivity index (χ2n) is 12.0. The van der Waals surface area contributed by atoms with Gasteiger partial charge in [0.05, 0.1) is 15.9 Å². The molecule has 7 aromatic carbocycles. The molecule has 0 fully saturated rings. The Balaban J connectivity index is 1.09. The zero-order chi connectivity index (χ0) is 31.6. The molecular weight excluding hydrogens is 625 g/mol. The van der Waals surface area contributed by atoms with E-state index in [4.69, 9.17) is 9.40 Å². The highest BCUT2D eigenvalue weighted by atomic mass is 32.1. The van der Waals surface area contributed by atoms with E-state index in [1.807, 2.05) is 23.5 Å². The van der Waals surface area contributed by atoms with Crippen LogP contribution in [0.1, 0.15) is 0 Å². The summed E-state index contributed by atoms with van der Waals surface area (Å²) in [5, 5.41) is 5.81. The van der Waals surface area contributed by atoms with E-state index in [2.05, 4.69) is 150 Å². The minimum Gasteiger partial charge on any atom is -0.454 e. The average molecular weight is 651 g/mol. The molecule has 0 atom stereocenters. The number of furan rings is 1. The molecule has 10 aromatic rings. The molecule has 0 aliphatic rings. The first-order valence-electron chi connectivity index (χ1n) is 16.0. The van der Waals surface area contributed by atoms with Crippen molar-refractivity contribution in [2.45, 2.75) is 0 Å². The van der Waals surface area contributed by atoms with Crippen LogP contribution < -0.4 is 4.90 Å². The summed E-state index contributed by atoms with van der Waals surface area (Å²) >= 11 is 3.60. The van der Waals surface area contributed by atoms with Crippen molar-refractivity contribution < 1.29 is 4.42 Å². The molecule has 0 aliphatic carbocycles. The average Bonchev–Trinajstić information content (AvgIpc) is 3.86. The van der Waals surface area contributed by atoms with Gasteiger partial charge < -0.3 is 9.32 Å². The third kappa shape index (κ3) is 4.36. The van der Waals surface area contributed by atoms with Gasteiger partial charge in [0, 0.05) is 47.9 Å². The van der Waals surface area contributed by atoms with Crippen molar-refractivity contribution in [3.8, 4) is 21.7 Å². The summed E-state index contributed by atoms with van der Waals surface area (Å²) in [4.78, 5) is 7.46. The van der Waals surface area contributed by atoms with Gasteiger partial charge in [0.25, 0.3) is 0 Å². The molecule has 3 nitrogen and oxygen atoms in total. The van der Waals surface area contributed by atoms with Crippen LogP contribution in [0, 0.1) is 0 Å². The van der Waals surface area contributed by atoms with E-state index in [1.165, 1.54) is 36.0 Å². The SMILES string of the molecule is c1ccc(-c2nc3c(ccc4sc5ccc(-c6ccc(N(c7ccccc7)c7cccc8c7oc7ccccc78)cc6)cc5c43)s2)cc1. The molecule has 5 heteroatoms. The Morgan fingerprint density at radius 3 is 2.02 bits per heavy atom. The Labute approximate surface area is 284 Å². The van der Waals surface area contributed by atoms with Gasteiger partial charge >= 0.3 is 0 Å². The Hall–Kier alpha value is -5.75. The Morgan fingerprint density at radius 2 is 1.17 bits per heavy atom. The van der Waals surface area contributed by atoms with E-state index in [0.717, 1.165) is 55.1 Å². The Bertz CT molecular complexity index is 2780. The van der Waals surface area contributed by atoms with Gasteiger partial charge in [0.1, 0.15) is 10.6 Å². The molecule has 3 aromatic heterocycles. The number of anilines is 3. The van der Waals surface area contributed by atoms with Gasteiger partial charge in [-0.05, 0) is 71.8 Å². The number of fused-ring (bicyclic) bond motifs is 8. The quantitative estimate of drug-likeness (QED) is 0.186. The second-order valence-corrected chi connectivity index (χ2v) is 14.1. The lowest BCUT2D eigenvalue weighted by molar-refractivity contribution is 0.669. The molecule has 0 bridgehead atoms. The minimum absolute atomic E-state index is 0.880. The van der Waals surface area contributed by atoms with Gasteiger partial charge in [-0.3, -0.25) is 0 Å². The van der Waals surface area contributed by atoms with Crippen molar-refractivity contribution in [1.29, 1.82) is 0 Å². The highest BCUT2D eigenvalue weighted by Crippen LogP contribution is 2.44. The number of aromatic nitrogens is 1. The third-order valence-electron chi connectivity index (χ3n) is 9.11. The van der Waals surface area contributed by atoms with E-state index in [0.29, 0.717) is 0 Å². The lowest BCUT2D eigenvalue weighted by Crippen LogP contribution is -2.10. The van der Waals surface area contributed by atoms with Gasteiger partial charge in [-0.25, -0.2) is 4.98 Å². The summed E-state index contributed by atoms with van der Waals surface area (Å²) < 4.78 is 10.3. The molecule has 0 N–H and O–H groups in total. The van der Waals surface area contributed by atoms with Gasteiger partial charge in [0.15, 0.2) is 5.58 Å². The van der Waals surface area contributed by atoms with Gasteiger partial charge in [0.2, 0.25) is 0 Å². The largest absolute Gasteiger partial charge is 0.454 e. The number of benzene rings is 7. The van der Waals surface area contributed by atoms with Crippen LogP contribution in [0.3, 0.4) is 0 Å². The molecule has 0 aliphatic heterocycles. The molecule has 0 spiro atoms. The van der Waals surface area contributed by atoms with Crippen molar-refractivity contribution in [2.75, 3.05) is 4.90 Å². The van der Waals surface area contributed by atoms with E-state index >= 15 is 0 Å². The molecule has 0 amide bonds. The van der Waals surface area contributed by atoms with Crippen molar-refractivity contribution in [2.24, 2.45) is 0 Å². The highest BCUT2D eigenvalue weighted by molar-refractivity contribution is 7.26. The molecule has 226 valence electrons. The first kappa shape index (κ1) is 27.4. The van der Waals surface area contributed by atoms with E-state index in [-0.39, 0.29) is 0 Å². The zero-order valence-electron chi connectivity index (χ0n) is 25.6. The van der Waals surface area contributed by atoms with Crippen molar-refractivity contribution in [3.05, 3.63) is 158 Å². The summed E-state index contributed by atoms with van der Waals surface area (Å²) in [6, 6.07) is 55.8. The van der Waals surface area contributed by atoms with E-state index in [9.17, 15) is 0 Å². The molecular formula is C43H26N2OS2. The fourth-order valence-corrected chi connectivity index (χ4v) is 8.92. The molecule has 48 heavy (non-hydrogen) atoms. The Morgan fingerprint density at radius 1 is 0.479 bits per heavy atom. The Kier molecular flexibility index (Phi) is 6.22. The number of nitrogens with zero attached hydrogens (tertiary/aromatic N) is 2. The number of para-hydroxylation sites is 3. The molecule has 3 heterocycles. The predicted octanol–water partition coefficient (Wildman–Crippen LogP) is 13.4. The minimum atomic E-state index is 0.880. The zero-order valence-corrected chi connectivity index (χ0v) is 27.3. The molecule has 0 radical (unpaired) electrons.